The molecule has 1 aromatic heterocycles. The van der Waals surface area contributed by atoms with E-state index in [1.54, 1.807) is 11.3 Å². The molecule has 0 aromatic carbocycles. The van der Waals surface area contributed by atoms with Crippen LogP contribution in [0.5, 0.6) is 0 Å². The molecule has 3 atom stereocenters. The molecule has 0 bridgehead atoms. The zero-order valence-electron chi connectivity index (χ0n) is 10.4. The van der Waals surface area contributed by atoms with E-state index in [0.29, 0.717) is 0 Å². The van der Waals surface area contributed by atoms with E-state index in [1.807, 2.05) is 18.7 Å². The third-order valence-corrected chi connectivity index (χ3v) is 4.34. The molecule has 2 N–H and O–H groups in total. The van der Waals surface area contributed by atoms with Gasteiger partial charge in [-0.25, -0.2) is 0 Å². The van der Waals surface area contributed by atoms with Gasteiger partial charge in [0.2, 0.25) is 5.91 Å². The van der Waals surface area contributed by atoms with Crippen LogP contribution in [0.4, 0.5) is 0 Å². The van der Waals surface area contributed by atoms with Gasteiger partial charge in [-0.3, -0.25) is 4.79 Å². The van der Waals surface area contributed by atoms with Gasteiger partial charge in [-0.05, 0) is 42.2 Å². The van der Waals surface area contributed by atoms with E-state index in [1.165, 1.54) is 5.56 Å². The molecule has 4 heteroatoms. The number of carbonyl (C=O) groups is 1. The summed E-state index contributed by atoms with van der Waals surface area (Å²) < 4.78 is 0. The number of hydrogen-bond donors (Lipinski definition) is 1. The Morgan fingerprint density at radius 2 is 2.35 bits per heavy atom. The Morgan fingerprint density at radius 1 is 1.59 bits per heavy atom. The van der Waals surface area contributed by atoms with E-state index in [-0.39, 0.29) is 23.9 Å². The van der Waals surface area contributed by atoms with E-state index >= 15 is 0 Å². The molecular formula is C13H20N2OS. The molecule has 0 saturated carbocycles. The number of nitrogens with zero attached hydrogens (tertiary/aromatic N) is 1. The highest BCUT2D eigenvalue weighted by Gasteiger charge is 2.33. The molecule has 0 radical (unpaired) electrons. The SMILES string of the molecule is CC(N)C(C)C(=O)N1CCCC1c1ccsc1. The summed E-state index contributed by atoms with van der Waals surface area (Å²) in [5.74, 6) is 0.114. The first-order valence-corrected chi connectivity index (χ1v) is 7.13. The van der Waals surface area contributed by atoms with Gasteiger partial charge in [-0.15, -0.1) is 0 Å². The van der Waals surface area contributed by atoms with Crippen molar-refractivity contribution in [2.45, 2.75) is 38.8 Å². The molecule has 3 unspecified atom stereocenters. The van der Waals surface area contributed by atoms with Crippen LogP contribution < -0.4 is 5.73 Å². The molecule has 1 amide bonds. The first kappa shape index (κ1) is 12.6. The molecule has 94 valence electrons. The van der Waals surface area contributed by atoms with Crippen LogP contribution >= 0.6 is 11.3 Å². The van der Waals surface area contributed by atoms with Gasteiger partial charge in [0.05, 0.1) is 12.0 Å². The summed E-state index contributed by atoms with van der Waals surface area (Å²) in [4.78, 5) is 14.4. The van der Waals surface area contributed by atoms with Crippen LogP contribution in [0.1, 0.15) is 38.3 Å². The average molecular weight is 252 g/mol. The smallest absolute Gasteiger partial charge is 0.227 e. The van der Waals surface area contributed by atoms with Crippen molar-refractivity contribution in [1.29, 1.82) is 0 Å². The number of rotatable bonds is 3. The highest BCUT2D eigenvalue weighted by atomic mass is 32.1. The van der Waals surface area contributed by atoms with Crippen molar-refractivity contribution in [3.63, 3.8) is 0 Å². The van der Waals surface area contributed by atoms with Crippen molar-refractivity contribution >= 4 is 17.2 Å². The number of thiophene rings is 1. The number of carbonyl (C=O) groups excluding carboxylic acids is 1. The predicted octanol–water partition coefficient (Wildman–Crippen LogP) is 2.39. The fourth-order valence-corrected chi connectivity index (χ4v) is 3.04. The molecule has 3 nitrogen and oxygen atoms in total. The van der Waals surface area contributed by atoms with Gasteiger partial charge in [-0.1, -0.05) is 6.92 Å². The van der Waals surface area contributed by atoms with Crippen LogP contribution in [-0.4, -0.2) is 23.4 Å². The largest absolute Gasteiger partial charge is 0.335 e. The zero-order valence-corrected chi connectivity index (χ0v) is 11.2. The summed E-state index contributed by atoms with van der Waals surface area (Å²) in [6, 6.07) is 2.32. The molecule has 1 aliphatic rings. The fourth-order valence-electron chi connectivity index (χ4n) is 2.33. The minimum Gasteiger partial charge on any atom is -0.335 e. The molecule has 1 aliphatic heterocycles. The number of amides is 1. The van der Waals surface area contributed by atoms with E-state index in [0.717, 1.165) is 19.4 Å². The van der Waals surface area contributed by atoms with E-state index in [2.05, 4.69) is 16.8 Å². The van der Waals surface area contributed by atoms with Crippen molar-refractivity contribution in [3.05, 3.63) is 22.4 Å². The van der Waals surface area contributed by atoms with Crippen molar-refractivity contribution in [2.75, 3.05) is 6.54 Å². The van der Waals surface area contributed by atoms with Crippen LogP contribution in [-0.2, 0) is 4.79 Å². The minimum atomic E-state index is -0.0887. The van der Waals surface area contributed by atoms with E-state index in [4.69, 9.17) is 5.73 Å². The monoisotopic (exact) mass is 252 g/mol. The lowest BCUT2D eigenvalue weighted by molar-refractivity contribution is -0.136. The molecule has 1 aromatic rings. The lowest BCUT2D eigenvalue weighted by Crippen LogP contribution is -2.41. The van der Waals surface area contributed by atoms with Crippen LogP contribution in [0.3, 0.4) is 0 Å². The topological polar surface area (TPSA) is 46.3 Å². The third-order valence-electron chi connectivity index (χ3n) is 3.64. The molecule has 0 aliphatic carbocycles. The van der Waals surface area contributed by atoms with E-state index in [9.17, 15) is 4.79 Å². The molecule has 0 spiro atoms. The Kier molecular flexibility index (Phi) is 3.84. The van der Waals surface area contributed by atoms with Gasteiger partial charge in [0.15, 0.2) is 0 Å². The molecule has 2 rings (SSSR count). The number of nitrogens with two attached hydrogens (primary N) is 1. The van der Waals surface area contributed by atoms with Crippen molar-refractivity contribution in [2.24, 2.45) is 11.7 Å². The van der Waals surface area contributed by atoms with Crippen LogP contribution in [0.15, 0.2) is 16.8 Å². The second kappa shape index (κ2) is 5.19. The highest BCUT2D eigenvalue weighted by Crippen LogP contribution is 2.34. The maximum Gasteiger partial charge on any atom is 0.227 e. The number of likely N-dealkylation sites (tertiary alicyclic amines) is 1. The Bertz CT molecular complexity index is 375. The molecule has 2 heterocycles. The number of hydrogen-bond acceptors (Lipinski definition) is 3. The first-order valence-electron chi connectivity index (χ1n) is 6.19. The summed E-state index contributed by atoms with van der Waals surface area (Å²) in [6.07, 6.45) is 2.17. The second-order valence-corrected chi connectivity index (χ2v) is 5.67. The quantitative estimate of drug-likeness (QED) is 0.898. The Morgan fingerprint density at radius 3 is 2.94 bits per heavy atom. The maximum atomic E-state index is 12.3. The molecule has 1 fully saturated rings. The maximum absolute atomic E-state index is 12.3. The van der Waals surface area contributed by atoms with Gasteiger partial charge < -0.3 is 10.6 Å². The Hall–Kier alpha value is -0.870. The van der Waals surface area contributed by atoms with Crippen molar-refractivity contribution in [3.8, 4) is 0 Å². The standard InChI is InChI=1S/C13H20N2OS/c1-9(10(2)14)13(16)15-6-3-4-12(15)11-5-7-17-8-11/h5,7-10,12H,3-4,6,14H2,1-2H3. The van der Waals surface area contributed by atoms with Gasteiger partial charge in [0, 0.05) is 12.6 Å². The second-order valence-electron chi connectivity index (χ2n) is 4.89. The predicted molar refractivity (Wildman–Crippen MR) is 70.8 cm³/mol. The minimum absolute atomic E-state index is 0.0776. The van der Waals surface area contributed by atoms with Crippen molar-refractivity contribution in [1.82, 2.24) is 4.90 Å². The van der Waals surface area contributed by atoms with Gasteiger partial charge in [0.1, 0.15) is 0 Å². The van der Waals surface area contributed by atoms with Gasteiger partial charge >= 0.3 is 0 Å². The molecule has 1 saturated heterocycles. The van der Waals surface area contributed by atoms with Gasteiger partial charge in [-0.2, -0.15) is 11.3 Å². The first-order chi connectivity index (χ1) is 8.11. The molecule has 17 heavy (non-hydrogen) atoms. The van der Waals surface area contributed by atoms with Crippen LogP contribution in [0.2, 0.25) is 0 Å². The van der Waals surface area contributed by atoms with Gasteiger partial charge in [0.25, 0.3) is 0 Å². The van der Waals surface area contributed by atoms with E-state index < -0.39 is 0 Å². The summed E-state index contributed by atoms with van der Waals surface area (Å²) in [7, 11) is 0. The summed E-state index contributed by atoms with van der Waals surface area (Å²) in [5, 5.41) is 4.22. The average Bonchev–Trinajstić information content (AvgIpc) is 2.96. The zero-order chi connectivity index (χ0) is 12.4. The summed E-state index contributed by atoms with van der Waals surface area (Å²) >= 11 is 1.69. The Balaban J connectivity index is 2.12. The normalized spacial score (nSPS) is 23.7. The third kappa shape index (κ3) is 2.53. The lowest BCUT2D eigenvalue weighted by atomic mass is 10.0. The van der Waals surface area contributed by atoms with Crippen LogP contribution in [0.25, 0.3) is 0 Å². The summed E-state index contributed by atoms with van der Waals surface area (Å²) in [5.41, 5.74) is 7.10. The lowest BCUT2D eigenvalue weighted by Gasteiger charge is -2.28. The molecular weight excluding hydrogens is 232 g/mol. The van der Waals surface area contributed by atoms with Crippen LogP contribution in [0, 0.1) is 5.92 Å². The van der Waals surface area contributed by atoms with Crippen molar-refractivity contribution < 1.29 is 4.79 Å². The Labute approximate surface area is 107 Å². The summed E-state index contributed by atoms with van der Waals surface area (Å²) in [6.45, 7) is 4.70. The fraction of sp³-hybridized carbons (Fsp3) is 0.615. The highest BCUT2D eigenvalue weighted by molar-refractivity contribution is 7.07.